The second kappa shape index (κ2) is 5.69. The summed E-state index contributed by atoms with van der Waals surface area (Å²) < 4.78 is 35.8. The summed E-state index contributed by atoms with van der Waals surface area (Å²) in [5.74, 6) is 0. The largest absolute Gasteiger partial charge is 0.695 e. The summed E-state index contributed by atoms with van der Waals surface area (Å²) >= 11 is 0. The highest BCUT2D eigenvalue weighted by Gasteiger charge is 2.40. The van der Waals surface area contributed by atoms with Gasteiger partial charge in [0.2, 0.25) is 0 Å². The van der Waals surface area contributed by atoms with E-state index in [0.29, 0.717) is 0 Å². The molecule has 7 nitrogen and oxygen atoms in total. The van der Waals surface area contributed by atoms with E-state index in [1.165, 1.54) is 0 Å². The lowest BCUT2D eigenvalue weighted by molar-refractivity contribution is 0.00779. The molecule has 2 radical (unpaired) electrons. The van der Waals surface area contributed by atoms with Crippen molar-refractivity contribution in [2.75, 3.05) is 13.3 Å². The van der Waals surface area contributed by atoms with E-state index in [0.717, 1.165) is 6.66 Å². The summed E-state index contributed by atoms with van der Waals surface area (Å²) in [5, 5.41) is 0. The second-order valence-corrected chi connectivity index (χ2v) is 5.98. The molecule has 0 saturated carbocycles. The van der Waals surface area contributed by atoms with Crippen LogP contribution >= 0.6 is 15.9 Å². The lowest BCUT2D eigenvalue weighted by atomic mass is 9.96. The highest BCUT2D eigenvalue weighted by atomic mass is 31.2. The molecule has 2 N–H and O–H groups in total. The first kappa shape index (κ1) is 14.3. The summed E-state index contributed by atoms with van der Waals surface area (Å²) in [7, 11) is -0.914. The predicted octanol–water partition coefficient (Wildman–Crippen LogP) is 0.137. The third-order valence-corrected chi connectivity index (χ3v) is 3.01. The fourth-order valence-electron chi connectivity index (χ4n) is 1.33. The van der Waals surface area contributed by atoms with E-state index in [1.807, 2.05) is 0 Å². The fourth-order valence-corrected chi connectivity index (χ4v) is 2.21. The average Bonchev–Trinajstić information content (AvgIpc) is 2.40. The first-order valence-electron chi connectivity index (χ1n) is 4.46. The molecule has 10 heteroatoms. The van der Waals surface area contributed by atoms with Crippen molar-refractivity contribution in [2.45, 2.75) is 24.6 Å². The molecule has 0 aliphatic carbocycles. The van der Waals surface area contributed by atoms with E-state index < -0.39 is 34.1 Å². The number of hydrogen-bond donors (Lipinski definition) is 2. The lowest BCUT2D eigenvalue weighted by Crippen LogP contribution is -2.27. The van der Waals surface area contributed by atoms with Crippen molar-refractivity contribution in [1.82, 2.24) is 0 Å². The van der Waals surface area contributed by atoms with Crippen LogP contribution in [0.5, 0.6) is 0 Å². The van der Waals surface area contributed by atoms with Crippen molar-refractivity contribution >= 4 is 23.7 Å². The third kappa shape index (κ3) is 5.02. The Morgan fingerprint density at radius 2 is 2.31 bits per heavy atom. The van der Waals surface area contributed by atoms with Crippen molar-refractivity contribution in [3.8, 4) is 0 Å². The van der Waals surface area contributed by atoms with Gasteiger partial charge in [-0.05, 0) is 6.42 Å². The van der Waals surface area contributed by atoms with Crippen LogP contribution in [-0.4, -0.2) is 49.1 Å². The van der Waals surface area contributed by atoms with Crippen LogP contribution in [0.3, 0.4) is 0 Å². The van der Waals surface area contributed by atoms with Crippen LogP contribution < -0.4 is 0 Å². The van der Waals surface area contributed by atoms with Gasteiger partial charge in [0.25, 0.3) is 0 Å². The SMILES string of the molecule is [B][C@H]1C[C@H](O[P+](=O)O)[C@@H](COP(C)(=O)O)O1. The molecule has 0 amide bonds. The Bertz CT molecular complexity index is 305. The van der Waals surface area contributed by atoms with Gasteiger partial charge in [0, 0.05) is 17.2 Å². The molecular formula is C6H12BO7P2+. The molecule has 0 aromatic heterocycles. The Labute approximate surface area is 95.0 Å². The minimum atomic E-state index is -3.61. The van der Waals surface area contributed by atoms with Crippen molar-refractivity contribution in [1.29, 1.82) is 0 Å². The Morgan fingerprint density at radius 1 is 1.69 bits per heavy atom. The molecule has 16 heavy (non-hydrogen) atoms. The Morgan fingerprint density at radius 3 is 2.81 bits per heavy atom. The van der Waals surface area contributed by atoms with E-state index in [1.54, 1.807) is 0 Å². The Hall–Kier alpha value is 0.195. The summed E-state index contributed by atoms with van der Waals surface area (Å²) in [4.78, 5) is 17.5. The van der Waals surface area contributed by atoms with Crippen LogP contribution in [-0.2, 0) is 22.9 Å². The molecule has 0 aromatic carbocycles. The highest BCUT2D eigenvalue weighted by molar-refractivity contribution is 7.51. The molecule has 5 atom stereocenters. The van der Waals surface area contributed by atoms with Crippen LogP contribution in [0, 0.1) is 0 Å². The topological polar surface area (TPSA) is 102 Å². The van der Waals surface area contributed by atoms with Gasteiger partial charge in [-0.1, -0.05) is 0 Å². The van der Waals surface area contributed by atoms with Crippen LogP contribution in [0.15, 0.2) is 0 Å². The fraction of sp³-hybridized carbons (Fsp3) is 1.00. The molecule has 1 fully saturated rings. The molecule has 2 unspecified atom stereocenters. The number of ether oxygens (including phenoxy) is 1. The molecule has 0 spiro atoms. The van der Waals surface area contributed by atoms with Gasteiger partial charge in [-0.3, -0.25) is 4.57 Å². The maximum absolute atomic E-state index is 10.9. The quantitative estimate of drug-likeness (QED) is 0.540. The van der Waals surface area contributed by atoms with Crippen molar-refractivity contribution in [2.24, 2.45) is 0 Å². The normalized spacial score (nSPS) is 34.7. The van der Waals surface area contributed by atoms with E-state index in [2.05, 4.69) is 9.05 Å². The zero-order valence-corrected chi connectivity index (χ0v) is 10.3. The monoisotopic (exact) mass is 269 g/mol. The molecule has 1 rings (SSSR count). The molecule has 1 saturated heterocycles. The molecule has 1 aliphatic heterocycles. The molecule has 90 valence electrons. The first-order chi connectivity index (χ1) is 7.28. The minimum Gasteiger partial charge on any atom is -0.379 e. The summed E-state index contributed by atoms with van der Waals surface area (Å²) in [6, 6.07) is -0.636. The second-order valence-electron chi connectivity index (χ2n) is 3.43. The Kier molecular flexibility index (Phi) is 5.07. The van der Waals surface area contributed by atoms with Gasteiger partial charge in [-0.25, -0.2) is 0 Å². The van der Waals surface area contributed by atoms with Crippen molar-refractivity contribution in [3.63, 3.8) is 0 Å². The van der Waals surface area contributed by atoms with Gasteiger partial charge in [0.05, 0.1) is 6.61 Å². The van der Waals surface area contributed by atoms with Gasteiger partial charge in [0.1, 0.15) is 20.1 Å². The van der Waals surface area contributed by atoms with E-state index >= 15 is 0 Å². The van der Waals surface area contributed by atoms with Crippen LogP contribution in [0.25, 0.3) is 0 Å². The van der Waals surface area contributed by atoms with Gasteiger partial charge in [-0.2, -0.15) is 0 Å². The Balaban J connectivity index is 2.49. The van der Waals surface area contributed by atoms with E-state index in [4.69, 9.17) is 22.4 Å². The average molecular weight is 269 g/mol. The summed E-state index contributed by atoms with van der Waals surface area (Å²) in [6.07, 6.45) is -1.20. The number of hydrogen-bond acceptors (Lipinski definition) is 5. The third-order valence-electron chi connectivity index (χ3n) is 1.93. The van der Waals surface area contributed by atoms with Gasteiger partial charge in [-0.15, -0.1) is 9.42 Å². The van der Waals surface area contributed by atoms with E-state index in [9.17, 15) is 9.13 Å². The van der Waals surface area contributed by atoms with Gasteiger partial charge < -0.3 is 14.2 Å². The molecule has 1 aliphatic rings. The van der Waals surface area contributed by atoms with Gasteiger partial charge in [0.15, 0.2) is 0 Å². The lowest BCUT2D eigenvalue weighted by Gasteiger charge is -2.15. The standard InChI is InChI=1S/C6H11BO7P2/c1-16(10,11)12-3-5-4(14-15(8)9)2-6(7)13-5/h4-6H,2-3H2,1H3,(H-,8,9,10,11)/p+1/t4-,5+,6+/m0/s1. The predicted molar refractivity (Wildman–Crippen MR) is 55.4 cm³/mol. The molecule has 0 bridgehead atoms. The highest BCUT2D eigenvalue weighted by Crippen LogP contribution is 2.38. The van der Waals surface area contributed by atoms with Crippen LogP contribution in [0.1, 0.15) is 6.42 Å². The van der Waals surface area contributed by atoms with Crippen molar-refractivity contribution < 1.29 is 32.7 Å². The van der Waals surface area contributed by atoms with Gasteiger partial charge >= 0.3 is 15.9 Å². The van der Waals surface area contributed by atoms with Crippen LogP contribution in [0.2, 0.25) is 0 Å². The van der Waals surface area contributed by atoms with Crippen LogP contribution in [0.4, 0.5) is 0 Å². The maximum atomic E-state index is 10.9. The minimum absolute atomic E-state index is 0.216. The first-order valence-corrected chi connectivity index (χ1v) is 7.62. The number of rotatable bonds is 5. The smallest absolute Gasteiger partial charge is 0.379 e. The molecule has 1 heterocycles. The van der Waals surface area contributed by atoms with E-state index in [-0.39, 0.29) is 13.0 Å². The molecular weight excluding hydrogens is 257 g/mol. The maximum Gasteiger partial charge on any atom is 0.695 e. The zero-order chi connectivity index (χ0) is 12.3. The molecule has 0 aromatic rings. The van der Waals surface area contributed by atoms with Crippen molar-refractivity contribution in [3.05, 3.63) is 0 Å². The summed E-state index contributed by atoms with van der Waals surface area (Å²) in [6.45, 7) is 0.816. The summed E-state index contributed by atoms with van der Waals surface area (Å²) in [5.41, 5.74) is 0. The zero-order valence-electron chi connectivity index (χ0n) is 8.55.